The van der Waals surface area contributed by atoms with E-state index in [0.717, 1.165) is 18.2 Å². The summed E-state index contributed by atoms with van der Waals surface area (Å²) in [6, 6.07) is 11.0. The Morgan fingerprint density at radius 3 is 2.45 bits per heavy atom. The number of methoxy groups -OCH3 is 2. The number of nitrogens with zero attached hydrogens (tertiary/aromatic N) is 1. The second-order valence-corrected chi connectivity index (χ2v) is 9.28. The highest BCUT2D eigenvalue weighted by molar-refractivity contribution is 6.01. The van der Waals surface area contributed by atoms with Gasteiger partial charge in [-0.3, -0.25) is 9.59 Å². The maximum absolute atomic E-state index is 14.1. The van der Waals surface area contributed by atoms with Gasteiger partial charge in [0.2, 0.25) is 0 Å². The van der Waals surface area contributed by atoms with E-state index in [1.54, 1.807) is 18.2 Å². The third-order valence-corrected chi connectivity index (χ3v) is 6.44. The third kappa shape index (κ3) is 7.53. The van der Waals surface area contributed by atoms with Crippen molar-refractivity contribution in [2.24, 2.45) is 0 Å². The fourth-order valence-electron chi connectivity index (χ4n) is 4.57. The highest BCUT2D eigenvalue weighted by Gasteiger charge is 2.35. The summed E-state index contributed by atoms with van der Waals surface area (Å²) >= 11 is 0. The SMILES string of the molecule is COc1cc(NC(C(=O)N2CCc3ccc(OC(F)(F)F)cc32)c2ccc(F)cc2OC)cc(OCCCC(=O)O)c1. The number of amides is 1. The second-order valence-electron chi connectivity index (χ2n) is 9.28. The molecule has 1 aliphatic heterocycles. The van der Waals surface area contributed by atoms with Crippen molar-refractivity contribution in [3.8, 4) is 23.0 Å². The number of aliphatic carboxylic acids is 1. The monoisotopic (exact) mass is 592 g/mol. The Balaban J connectivity index is 1.70. The van der Waals surface area contributed by atoms with Crippen LogP contribution in [0.25, 0.3) is 0 Å². The molecule has 0 saturated carbocycles. The van der Waals surface area contributed by atoms with Crippen molar-refractivity contribution < 1.29 is 51.2 Å². The van der Waals surface area contributed by atoms with Gasteiger partial charge in [0, 0.05) is 54.5 Å². The Hall–Kier alpha value is -4.68. The Bertz CT molecular complexity index is 1450. The van der Waals surface area contributed by atoms with Crippen LogP contribution in [0.5, 0.6) is 23.0 Å². The van der Waals surface area contributed by atoms with Crippen LogP contribution in [0, 0.1) is 5.82 Å². The number of halogens is 4. The van der Waals surface area contributed by atoms with Gasteiger partial charge in [0.1, 0.15) is 34.9 Å². The average Bonchev–Trinajstić information content (AvgIpc) is 3.36. The number of nitrogens with one attached hydrogen (secondary N) is 1. The van der Waals surface area contributed by atoms with Crippen LogP contribution in [0.4, 0.5) is 28.9 Å². The first-order valence-electron chi connectivity index (χ1n) is 12.8. The minimum absolute atomic E-state index is 0.0717. The number of alkyl halides is 3. The van der Waals surface area contributed by atoms with Crippen molar-refractivity contribution >= 4 is 23.3 Å². The normalized spacial score (nSPS) is 13.2. The summed E-state index contributed by atoms with van der Waals surface area (Å²) in [5.41, 5.74) is 1.54. The molecule has 42 heavy (non-hydrogen) atoms. The van der Waals surface area contributed by atoms with Crippen LogP contribution in [0.1, 0.15) is 30.0 Å². The van der Waals surface area contributed by atoms with E-state index in [4.69, 9.17) is 19.3 Å². The molecule has 13 heteroatoms. The van der Waals surface area contributed by atoms with Crippen LogP contribution < -0.4 is 29.2 Å². The molecular weight excluding hydrogens is 564 g/mol. The van der Waals surface area contributed by atoms with E-state index in [0.29, 0.717) is 29.2 Å². The van der Waals surface area contributed by atoms with Crippen molar-refractivity contribution in [2.45, 2.75) is 31.7 Å². The summed E-state index contributed by atoms with van der Waals surface area (Å²) in [5.74, 6) is -1.80. The topological polar surface area (TPSA) is 107 Å². The fourth-order valence-corrected chi connectivity index (χ4v) is 4.57. The highest BCUT2D eigenvalue weighted by Crippen LogP contribution is 2.38. The molecule has 1 atom stereocenters. The van der Waals surface area contributed by atoms with Crippen LogP contribution in [-0.4, -0.2) is 50.7 Å². The number of rotatable bonds is 12. The van der Waals surface area contributed by atoms with E-state index in [2.05, 4.69) is 10.1 Å². The molecule has 1 aliphatic rings. The number of ether oxygens (including phenoxy) is 4. The first kappa shape index (κ1) is 30.3. The fraction of sp³-hybridized carbons (Fsp3) is 0.310. The Morgan fingerprint density at radius 1 is 1.00 bits per heavy atom. The highest BCUT2D eigenvalue weighted by atomic mass is 19.4. The third-order valence-electron chi connectivity index (χ3n) is 6.44. The molecule has 0 saturated heterocycles. The molecule has 224 valence electrons. The number of carboxylic acids is 1. The molecule has 3 aromatic carbocycles. The Morgan fingerprint density at radius 2 is 1.76 bits per heavy atom. The average molecular weight is 593 g/mol. The van der Waals surface area contributed by atoms with Crippen molar-refractivity contribution in [2.75, 3.05) is 37.6 Å². The molecular formula is C29H28F4N2O7. The van der Waals surface area contributed by atoms with Gasteiger partial charge in [-0.15, -0.1) is 13.2 Å². The lowest BCUT2D eigenvalue weighted by Gasteiger charge is -2.27. The van der Waals surface area contributed by atoms with Crippen LogP contribution in [0.3, 0.4) is 0 Å². The van der Waals surface area contributed by atoms with Crippen molar-refractivity contribution in [1.29, 1.82) is 0 Å². The zero-order valence-electron chi connectivity index (χ0n) is 22.7. The lowest BCUT2D eigenvalue weighted by atomic mass is 10.0. The van der Waals surface area contributed by atoms with Crippen LogP contribution in [-0.2, 0) is 16.0 Å². The van der Waals surface area contributed by atoms with Gasteiger partial charge in [-0.2, -0.15) is 0 Å². The number of carbonyl (C=O) groups excluding carboxylic acids is 1. The van der Waals surface area contributed by atoms with Crippen molar-refractivity contribution in [1.82, 2.24) is 0 Å². The maximum Gasteiger partial charge on any atom is 0.573 e. The van der Waals surface area contributed by atoms with Gasteiger partial charge in [-0.05, 0) is 36.6 Å². The summed E-state index contributed by atoms with van der Waals surface area (Å²) in [6.45, 7) is 0.293. The summed E-state index contributed by atoms with van der Waals surface area (Å²) in [5, 5.41) is 12.0. The van der Waals surface area contributed by atoms with Crippen molar-refractivity contribution in [3.63, 3.8) is 0 Å². The largest absolute Gasteiger partial charge is 0.573 e. The quantitative estimate of drug-likeness (QED) is 0.203. The van der Waals surface area contributed by atoms with Gasteiger partial charge in [0.25, 0.3) is 5.91 Å². The van der Waals surface area contributed by atoms with Gasteiger partial charge < -0.3 is 34.3 Å². The number of hydrogen-bond acceptors (Lipinski definition) is 7. The molecule has 1 heterocycles. The lowest BCUT2D eigenvalue weighted by Crippen LogP contribution is -2.37. The van der Waals surface area contributed by atoms with Gasteiger partial charge in [0.05, 0.1) is 26.5 Å². The van der Waals surface area contributed by atoms with Gasteiger partial charge >= 0.3 is 12.3 Å². The first-order valence-corrected chi connectivity index (χ1v) is 12.8. The van der Waals surface area contributed by atoms with Crippen molar-refractivity contribution in [3.05, 3.63) is 71.5 Å². The zero-order chi connectivity index (χ0) is 30.4. The molecule has 0 fully saturated rings. The predicted molar refractivity (Wildman–Crippen MR) is 144 cm³/mol. The van der Waals surface area contributed by atoms with E-state index in [1.165, 1.54) is 37.3 Å². The number of carboxylic acid groups (broad SMARTS) is 1. The van der Waals surface area contributed by atoms with Gasteiger partial charge in [0.15, 0.2) is 0 Å². The molecule has 4 rings (SSSR count). The molecule has 0 spiro atoms. The Labute approximate surface area is 238 Å². The van der Waals surface area contributed by atoms with Gasteiger partial charge in [-0.1, -0.05) is 6.07 Å². The molecule has 2 N–H and O–H groups in total. The standard InChI is InChI=1S/C29H28F4N2O7/c1-39-21-13-19(14-22(15-21)41-11-3-4-26(36)37)34-27(23-8-6-18(30)12-25(23)40-2)28(38)35-10-9-17-5-7-20(16-24(17)35)42-29(31,32)33/h5-8,12-16,27,34H,3-4,9-11H2,1-2H3,(H,36,37). The number of fused-ring (bicyclic) bond motifs is 1. The summed E-state index contributed by atoms with van der Waals surface area (Å²) < 4.78 is 73.2. The molecule has 0 aromatic heterocycles. The zero-order valence-corrected chi connectivity index (χ0v) is 22.7. The number of anilines is 2. The number of benzene rings is 3. The first-order chi connectivity index (χ1) is 20.0. The number of carbonyl (C=O) groups is 2. The molecule has 0 radical (unpaired) electrons. The summed E-state index contributed by atoms with van der Waals surface area (Å²) in [4.78, 5) is 26.3. The number of hydrogen-bond donors (Lipinski definition) is 2. The molecule has 0 aliphatic carbocycles. The van der Waals surface area contributed by atoms with E-state index >= 15 is 0 Å². The van der Waals surface area contributed by atoms with E-state index < -0.39 is 35.8 Å². The van der Waals surface area contributed by atoms with Crippen LogP contribution >= 0.6 is 0 Å². The maximum atomic E-state index is 14.1. The van der Waals surface area contributed by atoms with E-state index in [1.807, 2.05) is 0 Å². The van der Waals surface area contributed by atoms with E-state index in [-0.39, 0.29) is 43.0 Å². The molecule has 9 nitrogen and oxygen atoms in total. The van der Waals surface area contributed by atoms with Crippen LogP contribution in [0.2, 0.25) is 0 Å². The Kier molecular flexibility index (Phi) is 9.28. The summed E-state index contributed by atoms with van der Waals surface area (Å²) in [6.07, 6.45) is -4.33. The molecule has 1 amide bonds. The molecule has 0 bridgehead atoms. The molecule has 1 unspecified atom stereocenters. The van der Waals surface area contributed by atoms with Gasteiger partial charge in [-0.25, -0.2) is 4.39 Å². The molecule has 3 aromatic rings. The van der Waals surface area contributed by atoms with Crippen LogP contribution in [0.15, 0.2) is 54.6 Å². The van der Waals surface area contributed by atoms with E-state index in [9.17, 15) is 27.2 Å². The lowest BCUT2D eigenvalue weighted by molar-refractivity contribution is -0.274. The smallest absolute Gasteiger partial charge is 0.497 e. The minimum atomic E-state index is -4.91. The predicted octanol–water partition coefficient (Wildman–Crippen LogP) is 5.73. The minimum Gasteiger partial charge on any atom is -0.497 e. The summed E-state index contributed by atoms with van der Waals surface area (Å²) in [7, 11) is 2.75. The second kappa shape index (κ2) is 12.9.